The van der Waals surface area contributed by atoms with Gasteiger partial charge in [-0.2, -0.15) is 0 Å². The maximum Gasteiger partial charge on any atom is 0.472 e. The molecule has 0 bridgehead atoms. The predicted molar refractivity (Wildman–Crippen MR) is 354 cm³/mol. The number of rotatable bonds is 66. The zero-order valence-electron chi connectivity index (χ0n) is 57.3. The highest BCUT2D eigenvalue weighted by Gasteiger charge is 2.30. The predicted octanol–water partition coefficient (Wildman–Crippen LogP) is 19.3. The number of aliphatic hydroxyl groups is 1. The van der Waals surface area contributed by atoms with Gasteiger partial charge in [0.15, 0.2) is 12.2 Å². The van der Waals surface area contributed by atoms with Crippen molar-refractivity contribution in [2.45, 2.75) is 356 Å². The molecule has 0 aromatic carbocycles. The lowest BCUT2D eigenvalue weighted by Crippen LogP contribution is -2.30. The van der Waals surface area contributed by atoms with Crippen molar-refractivity contribution in [1.29, 1.82) is 0 Å². The molecule has 0 rings (SSSR count). The Morgan fingerprint density at radius 2 is 0.545 bits per heavy atom. The summed E-state index contributed by atoms with van der Waals surface area (Å²) < 4.78 is 68.2. The Labute approximate surface area is 537 Å². The molecule has 0 aliphatic heterocycles. The number of phosphoric ester groups is 2. The molecule has 0 saturated heterocycles. The molecule has 3 N–H and O–H groups in total. The summed E-state index contributed by atoms with van der Waals surface area (Å²) in [5.41, 5.74) is 0. The summed E-state index contributed by atoms with van der Waals surface area (Å²) in [5.74, 6) is 0.870. The van der Waals surface area contributed by atoms with Gasteiger partial charge in [-0.25, -0.2) is 9.13 Å². The van der Waals surface area contributed by atoms with Gasteiger partial charge in [-0.3, -0.25) is 37.3 Å². The van der Waals surface area contributed by atoms with Gasteiger partial charge >= 0.3 is 39.5 Å². The summed E-state index contributed by atoms with van der Waals surface area (Å²) >= 11 is 0. The number of aliphatic hydroxyl groups excluding tert-OH is 1. The molecular weight excluding hydrogens is 1160 g/mol. The summed E-state index contributed by atoms with van der Waals surface area (Å²) in [4.78, 5) is 72.5. The van der Waals surface area contributed by atoms with Gasteiger partial charge in [-0.05, 0) is 49.4 Å². The van der Waals surface area contributed by atoms with Crippen molar-refractivity contribution in [3.8, 4) is 0 Å². The molecule has 7 atom stereocenters. The van der Waals surface area contributed by atoms with Crippen molar-refractivity contribution in [2.24, 2.45) is 23.7 Å². The normalized spacial score (nSPS) is 14.9. The Bertz CT molecular complexity index is 1750. The number of esters is 4. The summed E-state index contributed by atoms with van der Waals surface area (Å²) in [6, 6.07) is 0. The number of phosphoric acid groups is 2. The molecule has 0 radical (unpaired) electrons. The number of unbranched alkanes of at least 4 members (excludes halogenated alkanes) is 30. The van der Waals surface area contributed by atoms with Crippen LogP contribution in [0.1, 0.15) is 338 Å². The van der Waals surface area contributed by atoms with E-state index in [9.17, 15) is 43.2 Å². The van der Waals surface area contributed by atoms with Gasteiger partial charge in [0.25, 0.3) is 0 Å². The number of carbonyl (C=O) groups excluding carboxylic acids is 4. The Hall–Kier alpha value is -1.94. The van der Waals surface area contributed by atoms with Crippen molar-refractivity contribution in [2.75, 3.05) is 39.6 Å². The van der Waals surface area contributed by atoms with E-state index in [0.717, 1.165) is 120 Å². The fraction of sp³-hybridized carbons (Fsp3) is 0.942. The Morgan fingerprint density at radius 1 is 0.318 bits per heavy atom. The van der Waals surface area contributed by atoms with Gasteiger partial charge in [-0.15, -0.1) is 0 Å². The summed E-state index contributed by atoms with van der Waals surface area (Å²) in [6.45, 7) is 14.1. The molecule has 19 heteroatoms. The van der Waals surface area contributed by atoms with Crippen LogP contribution < -0.4 is 0 Å². The van der Waals surface area contributed by atoms with Crippen LogP contribution in [0, 0.1) is 23.7 Å². The number of ether oxygens (including phenoxy) is 4. The van der Waals surface area contributed by atoms with Crippen molar-refractivity contribution in [3.63, 3.8) is 0 Å². The standard InChI is InChI=1S/C69H134O17P2/c1-9-61(7)47-39-31-23-18-20-26-36-44-52-69(74)86-64(55-79-66(71)49-41-33-24-19-17-22-30-38-46-60(5)6)57-83-87(75,76)81-53-63(70)54-82-88(77,78)84-58-65(56-80-67(72)50-42-34-28-27-32-40-48-62(8)10-2)85-68(73)51-43-35-25-16-14-12-11-13-15-21-29-37-45-59(3)4/h59-65,70H,9-58H2,1-8H3,(H,75,76)(H,77,78)/t61?,62?,63-,64-,65-/m1/s1. The molecule has 0 aromatic heterocycles. The molecule has 0 aromatic rings. The number of hydrogen-bond acceptors (Lipinski definition) is 15. The lowest BCUT2D eigenvalue weighted by molar-refractivity contribution is -0.161. The van der Waals surface area contributed by atoms with E-state index in [1.807, 2.05) is 0 Å². The quantitative estimate of drug-likeness (QED) is 0.0222. The average molecular weight is 1300 g/mol. The minimum absolute atomic E-state index is 0.104. The van der Waals surface area contributed by atoms with Crippen LogP contribution >= 0.6 is 15.6 Å². The Morgan fingerprint density at radius 3 is 0.807 bits per heavy atom. The second-order valence-corrected chi connectivity index (χ2v) is 29.3. The van der Waals surface area contributed by atoms with Crippen LogP contribution in [0.5, 0.6) is 0 Å². The maximum atomic E-state index is 13.0. The highest BCUT2D eigenvalue weighted by Crippen LogP contribution is 2.45. The molecule has 17 nitrogen and oxygen atoms in total. The first-order chi connectivity index (χ1) is 42.2. The largest absolute Gasteiger partial charge is 0.472 e. The van der Waals surface area contributed by atoms with E-state index in [4.69, 9.17) is 37.0 Å². The van der Waals surface area contributed by atoms with E-state index < -0.39 is 97.5 Å². The van der Waals surface area contributed by atoms with Crippen molar-refractivity contribution in [1.82, 2.24) is 0 Å². The van der Waals surface area contributed by atoms with Gasteiger partial charge in [-0.1, -0.05) is 287 Å². The lowest BCUT2D eigenvalue weighted by Gasteiger charge is -2.21. The second-order valence-electron chi connectivity index (χ2n) is 26.4. The van der Waals surface area contributed by atoms with Crippen molar-refractivity contribution >= 4 is 39.5 Å². The van der Waals surface area contributed by atoms with Gasteiger partial charge in [0.1, 0.15) is 19.3 Å². The van der Waals surface area contributed by atoms with Crippen LogP contribution in [0.15, 0.2) is 0 Å². The summed E-state index contributed by atoms with van der Waals surface area (Å²) in [7, 11) is -9.90. The second kappa shape index (κ2) is 58.8. The highest BCUT2D eigenvalue weighted by molar-refractivity contribution is 7.47. The SMILES string of the molecule is CCC(C)CCCCCCCCCCC(=O)O[C@H](COC(=O)CCCCCCCCCCC(C)C)COP(=O)(O)OC[C@@H](O)COP(=O)(O)OC[C@@H](COC(=O)CCCCCCCCC(C)CC)OC(=O)CCCCCCCCCCCCCCC(C)C. The smallest absolute Gasteiger partial charge is 0.462 e. The van der Waals surface area contributed by atoms with Gasteiger partial charge in [0, 0.05) is 25.7 Å². The molecule has 0 spiro atoms. The van der Waals surface area contributed by atoms with Crippen LogP contribution in [0.2, 0.25) is 0 Å². The third kappa shape index (κ3) is 60.3. The molecule has 0 amide bonds. The highest BCUT2D eigenvalue weighted by atomic mass is 31.2. The van der Waals surface area contributed by atoms with Crippen molar-refractivity contribution < 1.29 is 80.2 Å². The molecular formula is C69H134O17P2. The summed E-state index contributed by atoms with van der Waals surface area (Å²) in [6.07, 6.45) is 40.3. The van der Waals surface area contributed by atoms with E-state index in [1.165, 1.54) is 135 Å². The van der Waals surface area contributed by atoms with Gasteiger partial charge < -0.3 is 33.8 Å². The van der Waals surface area contributed by atoms with Crippen LogP contribution in [0.4, 0.5) is 0 Å². The number of hydrogen-bond donors (Lipinski definition) is 3. The molecule has 0 aliphatic rings. The fourth-order valence-electron chi connectivity index (χ4n) is 10.2. The van der Waals surface area contributed by atoms with Crippen LogP contribution in [-0.2, 0) is 65.4 Å². The Balaban J connectivity index is 5.26. The molecule has 0 saturated carbocycles. The topological polar surface area (TPSA) is 237 Å². The van der Waals surface area contributed by atoms with E-state index in [0.29, 0.717) is 25.7 Å². The maximum absolute atomic E-state index is 13.0. The third-order valence-electron chi connectivity index (χ3n) is 16.5. The zero-order chi connectivity index (χ0) is 65.4. The van der Waals surface area contributed by atoms with Gasteiger partial charge in [0.2, 0.25) is 0 Å². The minimum Gasteiger partial charge on any atom is -0.462 e. The van der Waals surface area contributed by atoms with Crippen molar-refractivity contribution in [3.05, 3.63) is 0 Å². The first-order valence-electron chi connectivity index (χ1n) is 35.8. The van der Waals surface area contributed by atoms with Crippen LogP contribution in [0.25, 0.3) is 0 Å². The first-order valence-corrected chi connectivity index (χ1v) is 38.8. The van der Waals surface area contributed by atoms with E-state index >= 15 is 0 Å². The average Bonchev–Trinajstić information content (AvgIpc) is 3.61. The van der Waals surface area contributed by atoms with E-state index in [1.54, 1.807) is 0 Å². The molecule has 522 valence electrons. The molecule has 88 heavy (non-hydrogen) atoms. The third-order valence-corrected chi connectivity index (χ3v) is 18.4. The lowest BCUT2D eigenvalue weighted by atomic mass is 9.99. The zero-order valence-corrected chi connectivity index (χ0v) is 59.1. The first kappa shape index (κ1) is 86.1. The van der Waals surface area contributed by atoms with E-state index in [-0.39, 0.29) is 25.7 Å². The summed E-state index contributed by atoms with van der Waals surface area (Å²) in [5, 5.41) is 10.6. The molecule has 0 aliphatic carbocycles. The van der Waals surface area contributed by atoms with Crippen LogP contribution in [-0.4, -0.2) is 96.7 Å². The monoisotopic (exact) mass is 1300 g/mol. The fourth-order valence-corrected chi connectivity index (χ4v) is 11.8. The molecule has 0 fully saturated rings. The van der Waals surface area contributed by atoms with Gasteiger partial charge in [0.05, 0.1) is 26.4 Å². The molecule has 4 unspecified atom stereocenters. The van der Waals surface area contributed by atoms with Crippen LogP contribution in [0.3, 0.4) is 0 Å². The van der Waals surface area contributed by atoms with E-state index in [2.05, 4.69) is 55.4 Å². The number of carbonyl (C=O) groups is 4. The Kier molecular flexibility index (Phi) is 57.6. The molecule has 0 heterocycles. The minimum atomic E-state index is -4.95.